The van der Waals surface area contributed by atoms with Crippen LogP contribution in [0.15, 0.2) is 0 Å². The van der Waals surface area contributed by atoms with E-state index in [0.717, 1.165) is 5.06 Å². The molecular formula is C9H11NO5S. The molecule has 1 saturated heterocycles. The van der Waals surface area contributed by atoms with Crippen LogP contribution in [0.4, 0.5) is 0 Å². The van der Waals surface area contributed by atoms with Gasteiger partial charge in [-0.25, -0.2) is 4.79 Å². The summed E-state index contributed by atoms with van der Waals surface area (Å²) in [6, 6.07) is 0. The topological polar surface area (TPSA) is 83.9 Å². The van der Waals surface area contributed by atoms with Crippen molar-refractivity contribution in [3.8, 4) is 0 Å². The minimum Gasteiger partial charge on any atom is -0.481 e. The van der Waals surface area contributed by atoms with Crippen LogP contribution in [0, 0.1) is 0 Å². The first-order chi connectivity index (χ1) is 7.50. The highest BCUT2D eigenvalue weighted by molar-refractivity contribution is 7.80. The van der Waals surface area contributed by atoms with Crippen LogP contribution in [0.2, 0.25) is 0 Å². The molecule has 7 heteroatoms. The number of nitrogens with zero attached hydrogens (tertiary/aromatic N) is 1. The Bertz CT molecular complexity index is 325. The summed E-state index contributed by atoms with van der Waals surface area (Å²) in [4.78, 5) is 37.6. The van der Waals surface area contributed by atoms with Gasteiger partial charge in [0.15, 0.2) is 0 Å². The molecule has 1 aliphatic rings. The van der Waals surface area contributed by atoms with Gasteiger partial charge in [0.2, 0.25) is 0 Å². The molecule has 88 valence electrons. The Balaban J connectivity index is 2.31. The van der Waals surface area contributed by atoms with Gasteiger partial charge in [-0.2, -0.15) is 0 Å². The molecule has 1 N–H and O–H groups in total. The Morgan fingerprint density at radius 1 is 1.38 bits per heavy atom. The van der Waals surface area contributed by atoms with Crippen LogP contribution >= 0.6 is 12.2 Å². The monoisotopic (exact) mass is 245 g/mol. The van der Waals surface area contributed by atoms with E-state index in [-0.39, 0.29) is 36.6 Å². The van der Waals surface area contributed by atoms with Crippen LogP contribution in [-0.2, 0) is 19.2 Å². The van der Waals surface area contributed by atoms with Gasteiger partial charge in [0.1, 0.15) is 4.99 Å². The highest BCUT2D eigenvalue weighted by Crippen LogP contribution is 2.14. The Morgan fingerprint density at radius 2 is 2.06 bits per heavy atom. The third-order valence-electron chi connectivity index (χ3n) is 1.97. The maximum Gasteiger partial charge on any atom is 0.333 e. The van der Waals surface area contributed by atoms with Crippen molar-refractivity contribution in [2.24, 2.45) is 0 Å². The van der Waals surface area contributed by atoms with Gasteiger partial charge < -0.3 is 9.94 Å². The van der Waals surface area contributed by atoms with Crippen molar-refractivity contribution in [1.29, 1.82) is 0 Å². The van der Waals surface area contributed by atoms with E-state index in [2.05, 4.69) is 0 Å². The minimum atomic E-state index is -0.972. The molecule has 0 aromatic heterocycles. The summed E-state index contributed by atoms with van der Waals surface area (Å²) in [6.07, 6.45) is 0.701. The van der Waals surface area contributed by atoms with Crippen molar-refractivity contribution in [3.05, 3.63) is 0 Å². The second kappa shape index (κ2) is 5.55. The maximum atomic E-state index is 11.2. The molecule has 0 radical (unpaired) electrons. The molecule has 1 aliphatic heterocycles. The third-order valence-corrected chi connectivity index (χ3v) is 2.34. The summed E-state index contributed by atoms with van der Waals surface area (Å²) in [6.45, 7) is 0. The number of thiocarbonyl (C=S) groups is 1. The van der Waals surface area contributed by atoms with Crippen molar-refractivity contribution < 1.29 is 24.3 Å². The molecule has 0 unspecified atom stereocenters. The van der Waals surface area contributed by atoms with Crippen molar-refractivity contribution in [2.75, 3.05) is 0 Å². The fourth-order valence-corrected chi connectivity index (χ4v) is 1.43. The first kappa shape index (κ1) is 12.6. The molecule has 0 atom stereocenters. The second-order valence-electron chi connectivity index (χ2n) is 3.29. The van der Waals surface area contributed by atoms with Crippen LogP contribution in [0.3, 0.4) is 0 Å². The quantitative estimate of drug-likeness (QED) is 0.716. The number of hydrogen-bond donors (Lipinski definition) is 1. The van der Waals surface area contributed by atoms with E-state index in [4.69, 9.17) is 22.2 Å². The van der Waals surface area contributed by atoms with E-state index in [1.54, 1.807) is 0 Å². The Labute approximate surface area is 97.1 Å². The van der Waals surface area contributed by atoms with Gasteiger partial charge in [-0.3, -0.25) is 9.59 Å². The highest BCUT2D eigenvalue weighted by Gasteiger charge is 2.29. The average molecular weight is 245 g/mol. The smallest absolute Gasteiger partial charge is 0.333 e. The summed E-state index contributed by atoms with van der Waals surface area (Å²) in [5.74, 6) is -1.95. The van der Waals surface area contributed by atoms with E-state index in [9.17, 15) is 14.4 Å². The lowest BCUT2D eigenvalue weighted by atomic mass is 10.2. The highest BCUT2D eigenvalue weighted by atomic mass is 32.1. The lowest BCUT2D eigenvalue weighted by Crippen LogP contribution is -2.31. The van der Waals surface area contributed by atoms with Crippen molar-refractivity contribution in [3.63, 3.8) is 0 Å². The zero-order valence-corrected chi connectivity index (χ0v) is 9.29. The molecule has 6 nitrogen and oxygen atoms in total. The van der Waals surface area contributed by atoms with E-state index < -0.39 is 11.9 Å². The Kier molecular flexibility index (Phi) is 4.36. The SMILES string of the molecule is O=C(O)CCCC(=O)ON1C(=O)CCC1=S. The summed E-state index contributed by atoms with van der Waals surface area (Å²) in [5, 5.41) is 9.18. The van der Waals surface area contributed by atoms with Crippen LogP contribution in [-0.4, -0.2) is 33.0 Å². The van der Waals surface area contributed by atoms with Crippen molar-refractivity contribution >= 4 is 35.1 Å². The van der Waals surface area contributed by atoms with Crippen molar-refractivity contribution in [1.82, 2.24) is 5.06 Å². The standard InChI is InChI=1S/C9H11NO5S/c11-6-4-5-7(16)10(6)15-9(14)3-1-2-8(12)13/h1-5H2,(H,12,13). The molecule has 0 saturated carbocycles. The van der Waals surface area contributed by atoms with Crippen LogP contribution in [0.25, 0.3) is 0 Å². The number of amides is 1. The molecule has 1 heterocycles. The van der Waals surface area contributed by atoms with E-state index >= 15 is 0 Å². The fourth-order valence-electron chi connectivity index (χ4n) is 1.19. The zero-order valence-electron chi connectivity index (χ0n) is 8.47. The number of aliphatic carboxylic acids is 1. The molecule has 1 rings (SSSR count). The summed E-state index contributed by atoms with van der Waals surface area (Å²) < 4.78 is 0. The maximum absolute atomic E-state index is 11.2. The van der Waals surface area contributed by atoms with Gasteiger partial charge in [0, 0.05) is 25.7 Å². The molecule has 0 spiro atoms. The van der Waals surface area contributed by atoms with Crippen LogP contribution in [0.5, 0.6) is 0 Å². The molecule has 16 heavy (non-hydrogen) atoms. The molecule has 1 fully saturated rings. The number of rotatable bonds is 5. The summed E-state index contributed by atoms with van der Waals surface area (Å²) >= 11 is 4.82. The molecule has 0 aliphatic carbocycles. The minimum absolute atomic E-state index is 0.0430. The van der Waals surface area contributed by atoms with Gasteiger partial charge in [-0.05, 0) is 6.42 Å². The predicted octanol–water partition coefficient (Wildman–Crippen LogP) is 0.649. The fraction of sp³-hybridized carbons (Fsp3) is 0.556. The first-order valence-corrected chi connectivity index (χ1v) is 5.20. The van der Waals surface area contributed by atoms with Gasteiger partial charge in [0.05, 0.1) is 0 Å². The summed E-state index contributed by atoms with van der Waals surface area (Å²) in [5.41, 5.74) is 0. The van der Waals surface area contributed by atoms with E-state index in [1.807, 2.05) is 0 Å². The largest absolute Gasteiger partial charge is 0.481 e. The molecule has 0 aromatic carbocycles. The second-order valence-corrected chi connectivity index (χ2v) is 3.76. The number of hydroxylamine groups is 2. The Morgan fingerprint density at radius 3 is 2.56 bits per heavy atom. The lowest BCUT2D eigenvalue weighted by molar-refractivity contribution is -0.180. The van der Waals surface area contributed by atoms with Gasteiger partial charge in [-0.1, -0.05) is 12.2 Å². The van der Waals surface area contributed by atoms with Crippen LogP contribution in [0.1, 0.15) is 32.1 Å². The van der Waals surface area contributed by atoms with Crippen LogP contribution < -0.4 is 0 Å². The number of carbonyl (C=O) groups is 3. The molecule has 1 amide bonds. The van der Waals surface area contributed by atoms with Gasteiger partial charge >= 0.3 is 11.9 Å². The average Bonchev–Trinajstić information content (AvgIpc) is 2.49. The van der Waals surface area contributed by atoms with E-state index in [0.29, 0.717) is 6.42 Å². The molecule has 0 bridgehead atoms. The van der Waals surface area contributed by atoms with E-state index in [1.165, 1.54) is 0 Å². The number of carboxylic acids is 1. The number of carboxylic acid groups (broad SMARTS) is 1. The Hall–Kier alpha value is -1.50. The summed E-state index contributed by atoms with van der Waals surface area (Å²) in [7, 11) is 0. The molecule has 0 aromatic rings. The van der Waals surface area contributed by atoms with Crippen molar-refractivity contribution in [2.45, 2.75) is 32.1 Å². The number of hydrogen-bond acceptors (Lipinski definition) is 5. The normalized spacial score (nSPS) is 15.4. The van der Waals surface area contributed by atoms with Gasteiger partial charge in [0.25, 0.3) is 5.91 Å². The lowest BCUT2D eigenvalue weighted by Gasteiger charge is -2.14. The number of carbonyl (C=O) groups excluding carboxylic acids is 2. The first-order valence-electron chi connectivity index (χ1n) is 4.79. The van der Waals surface area contributed by atoms with Gasteiger partial charge in [-0.15, -0.1) is 5.06 Å². The third kappa shape index (κ3) is 3.58. The zero-order chi connectivity index (χ0) is 12.1. The molecular weight excluding hydrogens is 234 g/mol. The predicted molar refractivity (Wildman–Crippen MR) is 56.3 cm³/mol.